The van der Waals surface area contributed by atoms with Gasteiger partial charge in [0.2, 0.25) is 5.91 Å². The zero-order valence-electron chi connectivity index (χ0n) is 15.1. The van der Waals surface area contributed by atoms with Gasteiger partial charge >= 0.3 is 0 Å². The van der Waals surface area contributed by atoms with Crippen LogP contribution in [-0.2, 0) is 14.9 Å². The molecule has 0 spiro atoms. The number of halogens is 2. The molecular formula is C20H28Cl2N2O2. The molecule has 3 aliphatic heterocycles. The first kappa shape index (κ1) is 19.9. The molecule has 4 nitrogen and oxygen atoms in total. The van der Waals surface area contributed by atoms with Crippen LogP contribution in [0.1, 0.15) is 31.2 Å². The Morgan fingerprint density at radius 3 is 2.23 bits per heavy atom. The standard InChI is InChI=1S/C20H27ClN2O2.ClH/c21-18-3-1-17(2-4-18)20(7-11-25-12-8-20)19(24)23-9-5-15-13-22-14-16(15)6-10-23;/h1-4,15-16,22H,5-14H2;1H/t15-,16+;. The Labute approximate surface area is 167 Å². The molecule has 3 saturated heterocycles. The van der Waals surface area contributed by atoms with E-state index in [1.165, 1.54) is 0 Å². The van der Waals surface area contributed by atoms with Crippen LogP contribution in [0.15, 0.2) is 24.3 Å². The normalized spacial score (nSPS) is 28.0. The van der Waals surface area contributed by atoms with E-state index >= 15 is 0 Å². The fraction of sp³-hybridized carbons (Fsp3) is 0.650. The lowest BCUT2D eigenvalue weighted by Crippen LogP contribution is -2.50. The molecular weight excluding hydrogens is 371 g/mol. The number of benzene rings is 1. The lowest BCUT2D eigenvalue weighted by atomic mass is 9.73. The van der Waals surface area contributed by atoms with E-state index < -0.39 is 5.41 Å². The monoisotopic (exact) mass is 398 g/mol. The summed E-state index contributed by atoms with van der Waals surface area (Å²) < 4.78 is 5.59. The van der Waals surface area contributed by atoms with E-state index in [4.69, 9.17) is 16.3 Å². The summed E-state index contributed by atoms with van der Waals surface area (Å²) in [5, 5.41) is 4.22. The number of ether oxygens (including phenoxy) is 1. The summed E-state index contributed by atoms with van der Waals surface area (Å²) in [6.45, 7) is 5.30. The van der Waals surface area contributed by atoms with Gasteiger partial charge in [-0.3, -0.25) is 4.79 Å². The molecule has 1 amide bonds. The van der Waals surface area contributed by atoms with E-state index in [-0.39, 0.29) is 12.4 Å². The van der Waals surface area contributed by atoms with Gasteiger partial charge in [-0.05, 0) is 68.3 Å². The first-order valence-electron chi connectivity index (χ1n) is 9.53. The van der Waals surface area contributed by atoms with Gasteiger partial charge in [-0.15, -0.1) is 12.4 Å². The van der Waals surface area contributed by atoms with Gasteiger partial charge in [-0.2, -0.15) is 0 Å². The highest BCUT2D eigenvalue weighted by Gasteiger charge is 2.45. The molecule has 0 bridgehead atoms. The predicted molar refractivity (Wildman–Crippen MR) is 106 cm³/mol. The molecule has 2 atom stereocenters. The SMILES string of the molecule is Cl.O=C(N1CC[C@@H]2CNC[C@@H]2CC1)C1(c2ccc(Cl)cc2)CCOCC1. The second kappa shape index (κ2) is 8.47. The maximum absolute atomic E-state index is 13.7. The summed E-state index contributed by atoms with van der Waals surface area (Å²) in [4.78, 5) is 15.8. The smallest absolute Gasteiger partial charge is 0.233 e. The van der Waals surface area contributed by atoms with Crippen LogP contribution in [0.2, 0.25) is 5.02 Å². The Hall–Kier alpha value is -0.810. The average Bonchev–Trinajstić information content (AvgIpc) is 3.01. The lowest BCUT2D eigenvalue weighted by Gasteiger charge is -2.40. The molecule has 3 fully saturated rings. The fourth-order valence-electron chi connectivity index (χ4n) is 4.84. The highest BCUT2D eigenvalue weighted by Crippen LogP contribution is 2.38. The molecule has 26 heavy (non-hydrogen) atoms. The van der Waals surface area contributed by atoms with Gasteiger partial charge in [0.05, 0.1) is 5.41 Å². The summed E-state index contributed by atoms with van der Waals surface area (Å²) in [7, 11) is 0. The second-order valence-corrected chi connectivity index (χ2v) is 8.19. The van der Waals surface area contributed by atoms with Gasteiger partial charge < -0.3 is 15.0 Å². The topological polar surface area (TPSA) is 41.6 Å². The van der Waals surface area contributed by atoms with Gasteiger partial charge in [0.15, 0.2) is 0 Å². The average molecular weight is 399 g/mol. The molecule has 0 radical (unpaired) electrons. The molecule has 0 aromatic heterocycles. The second-order valence-electron chi connectivity index (χ2n) is 7.75. The number of likely N-dealkylation sites (tertiary alicyclic amines) is 1. The van der Waals surface area contributed by atoms with Crippen molar-refractivity contribution in [3.63, 3.8) is 0 Å². The zero-order chi connectivity index (χ0) is 17.3. The molecule has 1 aromatic rings. The largest absolute Gasteiger partial charge is 0.381 e. The molecule has 1 N–H and O–H groups in total. The van der Waals surface area contributed by atoms with Crippen molar-refractivity contribution in [2.24, 2.45) is 11.8 Å². The zero-order valence-corrected chi connectivity index (χ0v) is 16.7. The third kappa shape index (κ3) is 3.75. The Bertz CT molecular complexity index is 603. The van der Waals surface area contributed by atoms with Crippen molar-refractivity contribution in [3.8, 4) is 0 Å². The summed E-state index contributed by atoms with van der Waals surface area (Å²) in [6, 6.07) is 7.86. The Morgan fingerprint density at radius 1 is 1.08 bits per heavy atom. The van der Waals surface area contributed by atoms with E-state index in [0.717, 1.165) is 69.3 Å². The van der Waals surface area contributed by atoms with Crippen LogP contribution in [0.3, 0.4) is 0 Å². The highest BCUT2D eigenvalue weighted by molar-refractivity contribution is 6.30. The van der Waals surface area contributed by atoms with Crippen LogP contribution < -0.4 is 5.32 Å². The maximum Gasteiger partial charge on any atom is 0.233 e. The van der Waals surface area contributed by atoms with Crippen molar-refractivity contribution >= 4 is 29.9 Å². The van der Waals surface area contributed by atoms with Gasteiger partial charge in [0.25, 0.3) is 0 Å². The number of nitrogens with zero attached hydrogens (tertiary/aromatic N) is 1. The predicted octanol–water partition coefficient (Wildman–Crippen LogP) is 3.27. The number of rotatable bonds is 2. The molecule has 3 aliphatic rings. The van der Waals surface area contributed by atoms with Crippen LogP contribution in [0.5, 0.6) is 0 Å². The first-order chi connectivity index (χ1) is 12.2. The van der Waals surface area contributed by atoms with Crippen LogP contribution >= 0.6 is 24.0 Å². The van der Waals surface area contributed by atoms with Crippen molar-refractivity contribution in [2.45, 2.75) is 31.1 Å². The van der Waals surface area contributed by atoms with Crippen molar-refractivity contribution in [2.75, 3.05) is 39.4 Å². The molecule has 6 heteroatoms. The van der Waals surface area contributed by atoms with Crippen LogP contribution in [0.4, 0.5) is 0 Å². The van der Waals surface area contributed by atoms with Gasteiger partial charge in [-0.25, -0.2) is 0 Å². The Morgan fingerprint density at radius 2 is 1.65 bits per heavy atom. The molecule has 3 heterocycles. The molecule has 1 aromatic carbocycles. The van der Waals surface area contributed by atoms with E-state index in [1.54, 1.807) is 0 Å². The Kier molecular flexibility index (Phi) is 6.50. The number of nitrogens with one attached hydrogen (secondary N) is 1. The van der Waals surface area contributed by atoms with E-state index in [9.17, 15) is 4.79 Å². The summed E-state index contributed by atoms with van der Waals surface area (Å²) >= 11 is 6.07. The lowest BCUT2D eigenvalue weighted by molar-refractivity contribution is -0.141. The fourth-order valence-corrected chi connectivity index (χ4v) is 4.96. The summed E-state index contributed by atoms with van der Waals surface area (Å²) in [6.07, 6.45) is 3.77. The maximum atomic E-state index is 13.7. The number of hydrogen-bond acceptors (Lipinski definition) is 3. The molecule has 0 unspecified atom stereocenters. The molecule has 0 aliphatic carbocycles. The molecule has 144 valence electrons. The van der Waals surface area contributed by atoms with Gasteiger partial charge in [0, 0.05) is 31.3 Å². The number of carbonyl (C=O) groups is 1. The van der Waals surface area contributed by atoms with Crippen LogP contribution in [-0.4, -0.2) is 50.2 Å². The number of hydrogen-bond donors (Lipinski definition) is 1. The summed E-state index contributed by atoms with van der Waals surface area (Å²) in [5.74, 6) is 1.77. The van der Waals surface area contributed by atoms with Crippen LogP contribution in [0, 0.1) is 11.8 Å². The highest BCUT2D eigenvalue weighted by atomic mass is 35.5. The minimum atomic E-state index is -0.444. The van der Waals surface area contributed by atoms with Crippen LogP contribution in [0.25, 0.3) is 0 Å². The quantitative estimate of drug-likeness (QED) is 0.830. The number of carbonyl (C=O) groups excluding carboxylic acids is 1. The van der Waals surface area contributed by atoms with Crippen molar-refractivity contribution in [3.05, 3.63) is 34.9 Å². The minimum Gasteiger partial charge on any atom is -0.381 e. The van der Waals surface area contributed by atoms with Crippen molar-refractivity contribution in [1.82, 2.24) is 10.2 Å². The van der Waals surface area contributed by atoms with Crippen molar-refractivity contribution < 1.29 is 9.53 Å². The van der Waals surface area contributed by atoms with E-state index in [1.807, 2.05) is 24.3 Å². The summed E-state index contributed by atoms with van der Waals surface area (Å²) in [5.41, 5.74) is 0.650. The molecule has 4 rings (SSSR count). The molecule has 0 saturated carbocycles. The minimum absolute atomic E-state index is 0. The number of fused-ring (bicyclic) bond motifs is 1. The van der Waals surface area contributed by atoms with Gasteiger partial charge in [0.1, 0.15) is 0 Å². The third-order valence-corrected chi connectivity index (χ3v) is 6.71. The first-order valence-corrected chi connectivity index (χ1v) is 9.91. The van der Waals surface area contributed by atoms with E-state index in [0.29, 0.717) is 24.1 Å². The Balaban J connectivity index is 0.00000196. The van der Waals surface area contributed by atoms with E-state index in [2.05, 4.69) is 10.2 Å². The third-order valence-electron chi connectivity index (χ3n) is 6.46. The number of amides is 1. The van der Waals surface area contributed by atoms with Crippen molar-refractivity contribution in [1.29, 1.82) is 0 Å². The van der Waals surface area contributed by atoms with Gasteiger partial charge in [-0.1, -0.05) is 23.7 Å².